The number of piperidine rings is 1. The second kappa shape index (κ2) is 10.3. The highest BCUT2D eigenvalue weighted by atomic mass is 35.5. The predicted molar refractivity (Wildman–Crippen MR) is 101 cm³/mol. The van der Waals surface area contributed by atoms with Gasteiger partial charge in [0.1, 0.15) is 0 Å². The lowest BCUT2D eigenvalue weighted by Gasteiger charge is -2.22. The normalized spacial score (nSPS) is 14.8. The molecule has 1 fully saturated rings. The topological polar surface area (TPSA) is 70.2 Å². The number of nitrogens with one attached hydrogen (secondary N) is 3. The van der Waals surface area contributed by atoms with Crippen molar-refractivity contribution in [2.45, 2.75) is 39.5 Å². The van der Waals surface area contributed by atoms with Crippen LogP contribution >= 0.6 is 12.4 Å². The zero-order valence-electron chi connectivity index (χ0n) is 14.4. The first-order valence-corrected chi connectivity index (χ1v) is 8.46. The van der Waals surface area contributed by atoms with Crippen LogP contribution in [0.4, 0.5) is 11.4 Å². The number of hydrogen-bond acceptors (Lipinski definition) is 3. The van der Waals surface area contributed by atoms with E-state index in [0.717, 1.165) is 43.7 Å². The molecule has 0 spiro atoms. The molecule has 0 unspecified atom stereocenters. The highest BCUT2D eigenvalue weighted by Gasteiger charge is 2.14. The molecule has 6 heteroatoms. The molecule has 2 amide bonds. The number of halogens is 1. The largest absolute Gasteiger partial charge is 0.326 e. The number of carbonyl (C=O) groups is 2. The molecule has 0 atom stereocenters. The summed E-state index contributed by atoms with van der Waals surface area (Å²) in [5.41, 5.74) is 1.51. The quantitative estimate of drug-likeness (QED) is 0.733. The number of benzene rings is 1. The molecular weight excluding hydrogens is 326 g/mol. The van der Waals surface area contributed by atoms with E-state index in [4.69, 9.17) is 0 Å². The minimum absolute atomic E-state index is 0. The maximum atomic E-state index is 12.0. The molecule has 0 radical (unpaired) electrons. The number of hydrogen-bond donors (Lipinski definition) is 3. The van der Waals surface area contributed by atoms with Crippen molar-refractivity contribution < 1.29 is 9.59 Å². The van der Waals surface area contributed by atoms with Crippen molar-refractivity contribution in [2.24, 2.45) is 11.8 Å². The first kappa shape index (κ1) is 20.5. The summed E-state index contributed by atoms with van der Waals surface area (Å²) in [4.78, 5) is 23.6. The van der Waals surface area contributed by atoms with Gasteiger partial charge in [0.15, 0.2) is 0 Å². The third kappa shape index (κ3) is 6.89. The van der Waals surface area contributed by atoms with Gasteiger partial charge in [-0.15, -0.1) is 12.4 Å². The molecule has 24 heavy (non-hydrogen) atoms. The van der Waals surface area contributed by atoms with Gasteiger partial charge in [-0.3, -0.25) is 9.59 Å². The van der Waals surface area contributed by atoms with Crippen molar-refractivity contribution in [3.05, 3.63) is 24.3 Å². The number of amides is 2. The average molecular weight is 354 g/mol. The molecule has 0 saturated carbocycles. The van der Waals surface area contributed by atoms with Crippen LogP contribution < -0.4 is 16.0 Å². The van der Waals surface area contributed by atoms with Crippen LogP contribution in [0.25, 0.3) is 0 Å². The lowest BCUT2D eigenvalue weighted by Crippen LogP contribution is -2.28. The lowest BCUT2D eigenvalue weighted by atomic mass is 9.93. The van der Waals surface area contributed by atoms with E-state index in [1.54, 1.807) is 0 Å². The Bertz CT molecular complexity index is 526. The van der Waals surface area contributed by atoms with E-state index in [0.29, 0.717) is 12.3 Å². The Morgan fingerprint density at radius 2 is 1.62 bits per heavy atom. The van der Waals surface area contributed by atoms with Crippen LogP contribution in [-0.2, 0) is 9.59 Å². The van der Waals surface area contributed by atoms with Gasteiger partial charge in [0.25, 0.3) is 0 Å². The van der Waals surface area contributed by atoms with Crippen LogP contribution in [0.5, 0.6) is 0 Å². The molecule has 3 N–H and O–H groups in total. The molecule has 2 rings (SSSR count). The standard InChI is InChI=1S/C18H27N3O2.ClH/c1-13(2)18(23)21-16-6-4-15(5-7-16)20-17(22)8-3-14-9-11-19-12-10-14;/h4-7,13-14,19H,3,8-12H2,1-2H3,(H,20,22)(H,21,23);1H. The van der Waals surface area contributed by atoms with Crippen LogP contribution in [0.2, 0.25) is 0 Å². The van der Waals surface area contributed by atoms with Gasteiger partial charge in [-0.25, -0.2) is 0 Å². The van der Waals surface area contributed by atoms with Crippen molar-refractivity contribution >= 4 is 35.6 Å². The van der Waals surface area contributed by atoms with Crippen LogP contribution in [-0.4, -0.2) is 24.9 Å². The number of rotatable bonds is 6. The van der Waals surface area contributed by atoms with E-state index in [1.807, 2.05) is 38.1 Å². The highest BCUT2D eigenvalue weighted by molar-refractivity contribution is 5.93. The van der Waals surface area contributed by atoms with Crippen LogP contribution in [0.3, 0.4) is 0 Å². The summed E-state index contributed by atoms with van der Waals surface area (Å²) < 4.78 is 0. The van der Waals surface area contributed by atoms with E-state index in [-0.39, 0.29) is 30.1 Å². The summed E-state index contributed by atoms with van der Waals surface area (Å²) in [6.07, 6.45) is 3.85. The highest BCUT2D eigenvalue weighted by Crippen LogP contribution is 2.19. The van der Waals surface area contributed by atoms with E-state index >= 15 is 0 Å². The Morgan fingerprint density at radius 1 is 1.08 bits per heavy atom. The van der Waals surface area contributed by atoms with Gasteiger partial charge >= 0.3 is 0 Å². The van der Waals surface area contributed by atoms with Gasteiger partial charge in [0, 0.05) is 23.7 Å². The Hall–Kier alpha value is -1.59. The summed E-state index contributed by atoms with van der Waals surface area (Å²) >= 11 is 0. The molecule has 1 aromatic carbocycles. The second-order valence-corrected chi connectivity index (χ2v) is 6.50. The van der Waals surface area contributed by atoms with Gasteiger partial charge < -0.3 is 16.0 Å². The van der Waals surface area contributed by atoms with Gasteiger partial charge in [-0.05, 0) is 62.5 Å². The minimum Gasteiger partial charge on any atom is -0.326 e. The number of carbonyl (C=O) groups excluding carboxylic acids is 2. The van der Waals surface area contributed by atoms with Crippen molar-refractivity contribution in [2.75, 3.05) is 23.7 Å². The van der Waals surface area contributed by atoms with Gasteiger partial charge in [-0.1, -0.05) is 13.8 Å². The predicted octanol–water partition coefficient (Wildman–Crippen LogP) is 3.42. The van der Waals surface area contributed by atoms with Gasteiger partial charge in [0.05, 0.1) is 0 Å². The SMILES string of the molecule is CC(C)C(=O)Nc1ccc(NC(=O)CCC2CCNCC2)cc1.Cl. The molecule has 1 saturated heterocycles. The fourth-order valence-corrected chi connectivity index (χ4v) is 2.65. The summed E-state index contributed by atoms with van der Waals surface area (Å²) in [5.74, 6) is 0.659. The Balaban J connectivity index is 0.00000288. The zero-order chi connectivity index (χ0) is 16.7. The molecule has 5 nitrogen and oxygen atoms in total. The fraction of sp³-hybridized carbons (Fsp3) is 0.556. The maximum Gasteiger partial charge on any atom is 0.226 e. The fourth-order valence-electron chi connectivity index (χ4n) is 2.65. The third-order valence-corrected chi connectivity index (χ3v) is 4.20. The second-order valence-electron chi connectivity index (χ2n) is 6.50. The van der Waals surface area contributed by atoms with Gasteiger partial charge in [0.2, 0.25) is 11.8 Å². The van der Waals surface area contributed by atoms with Crippen molar-refractivity contribution in [1.82, 2.24) is 5.32 Å². The van der Waals surface area contributed by atoms with Crippen LogP contribution in [0, 0.1) is 11.8 Å². The summed E-state index contributed by atoms with van der Waals surface area (Å²) in [7, 11) is 0. The molecule has 1 aliphatic rings. The maximum absolute atomic E-state index is 12.0. The monoisotopic (exact) mass is 353 g/mol. The molecule has 134 valence electrons. The first-order chi connectivity index (χ1) is 11.0. The van der Waals surface area contributed by atoms with E-state index in [9.17, 15) is 9.59 Å². The average Bonchev–Trinajstić information content (AvgIpc) is 2.55. The van der Waals surface area contributed by atoms with E-state index in [2.05, 4.69) is 16.0 Å². The summed E-state index contributed by atoms with van der Waals surface area (Å²) in [5, 5.41) is 9.09. The minimum atomic E-state index is -0.0515. The molecule has 0 aliphatic carbocycles. The van der Waals surface area contributed by atoms with Crippen LogP contribution in [0.1, 0.15) is 39.5 Å². The van der Waals surface area contributed by atoms with E-state index in [1.165, 1.54) is 0 Å². The summed E-state index contributed by atoms with van der Waals surface area (Å²) in [6.45, 7) is 5.84. The summed E-state index contributed by atoms with van der Waals surface area (Å²) in [6, 6.07) is 7.25. The third-order valence-electron chi connectivity index (χ3n) is 4.20. The zero-order valence-corrected chi connectivity index (χ0v) is 15.2. The van der Waals surface area contributed by atoms with E-state index < -0.39 is 0 Å². The molecule has 1 heterocycles. The van der Waals surface area contributed by atoms with Crippen molar-refractivity contribution in [1.29, 1.82) is 0 Å². The van der Waals surface area contributed by atoms with Crippen molar-refractivity contribution in [3.8, 4) is 0 Å². The van der Waals surface area contributed by atoms with Crippen molar-refractivity contribution in [3.63, 3.8) is 0 Å². The number of anilines is 2. The first-order valence-electron chi connectivity index (χ1n) is 8.46. The molecular formula is C18H28ClN3O2. The molecule has 0 bridgehead atoms. The lowest BCUT2D eigenvalue weighted by molar-refractivity contribution is -0.119. The Labute approximate surface area is 150 Å². The molecule has 1 aromatic rings. The Morgan fingerprint density at radius 3 is 2.17 bits per heavy atom. The Kier molecular flexibility index (Phi) is 8.79. The van der Waals surface area contributed by atoms with Gasteiger partial charge in [-0.2, -0.15) is 0 Å². The molecule has 0 aromatic heterocycles. The smallest absolute Gasteiger partial charge is 0.226 e. The van der Waals surface area contributed by atoms with Crippen LogP contribution in [0.15, 0.2) is 24.3 Å². The molecule has 1 aliphatic heterocycles.